The number of hydrogen-bond donors (Lipinski definition) is 2. The minimum absolute atomic E-state index is 0.0140. The van der Waals surface area contributed by atoms with Crippen molar-refractivity contribution in [1.29, 1.82) is 0 Å². The van der Waals surface area contributed by atoms with E-state index in [1.54, 1.807) is 17.0 Å². The Bertz CT molecular complexity index is 1280. The van der Waals surface area contributed by atoms with E-state index >= 15 is 0 Å². The molecule has 0 saturated heterocycles. The summed E-state index contributed by atoms with van der Waals surface area (Å²) >= 11 is 2.45. The Hall–Kier alpha value is -3.24. The fourth-order valence-corrected chi connectivity index (χ4v) is 6.46. The van der Waals surface area contributed by atoms with Gasteiger partial charge in [0.2, 0.25) is 11.0 Å². The number of nitrogens with one attached hydrogen (secondary N) is 1. The van der Waals surface area contributed by atoms with Crippen LogP contribution < -0.4 is 15.0 Å². The van der Waals surface area contributed by atoms with Crippen LogP contribution in [0.3, 0.4) is 0 Å². The first-order valence-electron chi connectivity index (χ1n) is 12.2. The van der Waals surface area contributed by atoms with E-state index in [1.807, 2.05) is 19.9 Å². The van der Waals surface area contributed by atoms with Crippen LogP contribution in [-0.2, 0) is 4.79 Å². The molecule has 2 aromatic heterocycles. The van der Waals surface area contributed by atoms with Gasteiger partial charge in [0.25, 0.3) is 5.91 Å². The molecule has 0 radical (unpaired) electrons. The van der Waals surface area contributed by atoms with Crippen LogP contribution in [0.2, 0.25) is 0 Å². The first-order valence-corrected chi connectivity index (χ1v) is 13.8. The average molecular weight is 545 g/mol. The molecule has 1 aliphatic carbocycles. The zero-order valence-corrected chi connectivity index (χ0v) is 22.5. The molecule has 0 atom stereocenters. The van der Waals surface area contributed by atoms with Gasteiger partial charge in [-0.3, -0.25) is 9.59 Å². The van der Waals surface area contributed by atoms with Gasteiger partial charge in [0.15, 0.2) is 0 Å². The van der Waals surface area contributed by atoms with Gasteiger partial charge in [0.1, 0.15) is 5.82 Å². The van der Waals surface area contributed by atoms with Crippen LogP contribution in [0.5, 0.6) is 5.06 Å². The SMILES string of the molecule is CC1CCC(C(=O)N(c2cc(-c3ccc(NC(=O)c4ccc(F)cc4)s3)sc2OC(=O)O)C(C)C)CC1. The number of carbonyl (C=O) groups excluding carboxylic acids is 2. The third-order valence-corrected chi connectivity index (χ3v) is 8.63. The standard InChI is InChI=1S/C27H29FN2O5S2/c1-15(2)30(25(32)18-6-4-16(3)5-7-18)20-14-22(37-26(20)35-27(33)34)21-12-13-23(36-21)29-24(31)17-8-10-19(28)11-9-17/h8-16,18H,4-7H2,1-3H3,(H,29,31)(H,33,34). The maximum atomic E-state index is 13.6. The number of halogens is 1. The molecule has 1 fully saturated rings. The maximum absolute atomic E-state index is 13.6. The minimum Gasteiger partial charge on any atom is -0.449 e. The number of hydrogen-bond acceptors (Lipinski definition) is 6. The number of carbonyl (C=O) groups is 3. The van der Waals surface area contributed by atoms with Crippen molar-refractivity contribution in [3.8, 4) is 14.8 Å². The fraction of sp³-hybridized carbons (Fsp3) is 0.370. The number of thiophene rings is 2. The first kappa shape index (κ1) is 26.8. The van der Waals surface area contributed by atoms with E-state index < -0.39 is 12.0 Å². The van der Waals surface area contributed by atoms with Crippen LogP contribution in [0.25, 0.3) is 9.75 Å². The van der Waals surface area contributed by atoms with Crippen LogP contribution in [0.15, 0.2) is 42.5 Å². The molecule has 2 N–H and O–H groups in total. The quantitative estimate of drug-likeness (QED) is 0.300. The zero-order chi connectivity index (χ0) is 26.7. The van der Waals surface area contributed by atoms with Gasteiger partial charge < -0.3 is 20.1 Å². The number of ether oxygens (including phenoxy) is 1. The Kier molecular flexibility index (Phi) is 8.29. The molecule has 1 aliphatic rings. The summed E-state index contributed by atoms with van der Waals surface area (Å²) in [5.74, 6) is -0.301. The lowest BCUT2D eigenvalue weighted by Gasteiger charge is -2.33. The van der Waals surface area contributed by atoms with Crippen molar-refractivity contribution in [2.45, 2.75) is 52.5 Å². The van der Waals surface area contributed by atoms with Gasteiger partial charge >= 0.3 is 6.16 Å². The number of rotatable bonds is 7. The molecular formula is C27H29FN2O5S2. The molecule has 2 heterocycles. The van der Waals surface area contributed by atoms with Crippen LogP contribution in [-0.4, -0.2) is 29.1 Å². The predicted molar refractivity (Wildman–Crippen MR) is 144 cm³/mol. The van der Waals surface area contributed by atoms with Gasteiger partial charge in [0.05, 0.1) is 15.6 Å². The Morgan fingerprint density at radius 1 is 1.03 bits per heavy atom. The molecular weight excluding hydrogens is 515 g/mol. The second kappa shape index (κ2) is 11.4. The highest BCUT2D eigenvalue weighted by atomic mass is 32.1. The van der Waals surface area contributed by atoms with Crippen LogP contribution >= 0.6 is 22.7 Å². The van der Waals surface area contributed by atoms with E-state index in [9.17, 15) is 23.9 Å². The van der Waals surface area contributed by atoms with Crippen LogP contribution in [0, 0.1) is 17.7 Å². The van der Waals surface area contributed by atoms with E-state index in [2.05, 4.69) is 12.2 Å². The summed E-state index contributed by atoms with van der Waals surface area (Å²) in [5.41, 5.74) is 0.765. The summed E-state index contributed by atoms with van der Waals surface area (Å²) in [7, 11) is 0. The average Bonchev–Trinajstić information content (AvgIpc) is 3.47. The van der Waals surface area contributed by atoms with Gasteiger partial charge in [-0.1, -0.05) is 18.3 Å². The molecule has 0 aliphatic heterocycles. The molecule has 2 amide bonds. The molecule has 37 heavy (non-hydrogen) atoms. The second-order valence-corrected chi connectivity index (χ2v) is 11.6. The summed E-state index contributed by atoms with van der Waals surface area (Å²) in [6, 6.07) is 10.4. The highest BCUT2D eigenvalue weighted by molar-refractivity contribution is 7.25. The Morgan fingerprint density at radius 3 is 2.32 bits per heavy atom. The monoisotopic (exact) mass is 544 g/mol. The number of carboxylic acid groups (broad SMARTS) is 1. The predicted octanol–water partition coefficient (Wildman–Crippen LogP) is 7.49. The molecule has 3 aromatic rings. The number of benzene rings is 1. The van der Waals surface area contributed by atoms with E-state index in [-0.39, 0.29) is 28.8 Å². The number of anilines is 2. The van der Waals surface area contributed by atoms with Gasteiger partial charge in [-0.25, -0.2) is 9.18 Å². The van der Waals surface area contributed by atoms with E-state index in [0.29, 0.717) is 27.0 Å². The van der Waals surface area contributed by atoms with Gasteiger partial charge in [-0.15, -0.1) is 11.3 Å². The van der Waals surface area contributed by atoms with Gasteiger partial charge in [0, 0.05) is 22.4 Å². The first-order chi connectivity index (χ1) is 17.6. The fourth-order valence-electron chi connectivity index (χ4n) is 4.48. The lowest BCUT2D eigenvalue weighted by Crippen LogP contribution is -2.42. The minimum atomic E-state index is -1.45. The largest absolute Gasteiger partial charge is 0.512 e. The molecule has 7 nitrogen and oxygen atoms in total. The van der Waals surface area contributed by atoms with E-state index in [4.69, 9.17) is 4.74 Å². The van der Waals surface area contributed by atoms with Crippen LogP contribution in [0.4, 0.5) is 19.9 Å². The topological polar surface area (TPSA) is 95.9 Å². The number of amides is 2. The molecule has 1 aromatic carbocycles. The lowest BCUT2D eigenvalue weighted by molar-refractivity contribution is -0.123. The highest BCUT2D eigenvalue weighted by Gasteiger charge is 2.33. The zero-order valence-electron chi connectivity index (χ0n) is 20.8. The van der Waals surface area contributed by atoms with Crippen molar-refractivity contribution in [3.63, 3.8) is 0 Å². The lowest BCUT2D eigenvalue weighted by atomic mass is 9.82. The second-order valence-electron chi connectivity index (χ2n) is 9.54. The third kappa shape index (κ3) is 6.37. The third-order valence-electron chi connectivity index (χ3n) is 6.43. The summed E-state index contributed by atoms with van der Waals surface area (Å²) in [6.45, 7) is 6.00. The van der Waals surface area contributed by atoms with Crippen LogP contribution in [0.1, 0.15) is 56.8 Å². The van der Waals surface area contributed by atoms with Crippen molar-refractivity contribution >= 4 is 51.3 Å². The Labute approximate surface area is 222 Å². The normalized spacial score (nSPS) is 17.4. The Morgan fingerprint density at radius 2 is 1.70 bits per heavy atom. The molecule has 4 rings (SSSR count). The molecule has 196 valence electrons. The van der Waals surface area contributed by atoms with Gasteiger partial charge in [-0.2, -0.15) is 0 Å². The van der Waals surface area contributed by atoms with E-state index in [0.717, 1.165) is 41.9 Å². The molecule has 1 saturated carbocycles. The molecule has 0 bridgehead atoms. The molecule has 0 unspecified atom stereocenters. The van der Waals surface area contributed by atoms with Crippen molar-refractivity contribution in [2.24, 2.45) is 11.8 Å². The van der Waals surface area contributed by atoms with Crippen molar-refractivity contribution in [1.82, 2.24) is 0 Å². The summed E-state index contributed by atoms with van der Waals surface area (Å²) in [5, 5.41) is 12.9. The van der Waals surface area contributed by atoms with E-state index in [1.165, 1.54) is 35.6 Å². The Balaban J connectivity index is 1.60. The number of nitrogens with zero attached hydrogens (tertiary/aromatic N) is 1. The molecule has 0 spiro atoms. The molecule has 10 heteroatoms. The summed E-state index contributed by atoms with van der Waals surface area (Å²) in [6.07, 6.45) is 2.18. The van der Waals surface area contributed by atoms with Crippen molar-refractivity contribution in [3.05, 3.63) is 53.8 Å². The summed E-state index contributed by atoms with van der Waals surface area (Å²) < 4.78 is 18.3. The van der Waals surface area contributed by atoms with Gasteiger partial charge in [-0.05, 0) is 87.9 Å². The smallest absolute Gasteiger partial charge is 0.449 e. The maximum Gasteiger partial charge on any atom is 0.512 e. The van der Waals surface area contributed by atoms with Crippen molar-refractivity contribution < 1.29 is 28.6 Å². The van der Waals surface area contributed by atoms with Crippen molar-refractivity contribution in [2.75, 3.05) is 10.2 Å². The highest BCUT2D eigenvalue weighted by Crippen LogP contribution is 2.47. The summed E-state index contributed by atoms with van der Waals surface area (Å²) in [4.78, 5) is 40.7.